The standard InChI is InChI=1S/C16H23N5O/c1-5-16(4)11-20(8-9-22-16)14-6-7-15(18-17-14)21-13(3)10-12(2)19-21/h6-7,10H,5,8-9,11H2,1-4H3. The number of hydrogen-bond donors (Lipinski definition) is 0. The fourth-order valence-electron chi connectivity index (χ4n) is 2.80. The highest BCUT2D eigenvalue weighted by Crippen LogP contribution is 2.24. The van der Waals surface area contributed by atoms with Crippen molar-refractivity contribution in [2.24, 2.45) is 0 Å². The highest BCUT2D eigenvalue weighted by atomic mass is 16.5. The third-order valence-corrected chi connectivity index (χ3v) is 4.27. The molecule has 0 spiro atoms. The lowest BCUT2D eigenvalue weighted by Gasteiger charge is -2.40. The van der Waals surface area contributed by atoms with Crippen LogP contribution in [0.5, 0.6) is 0 Å². The van der Waals surface area contributed by atoms with Gasteiger partial charge in [-0.3, -0.25) is 0 Å². The van der Waals surface area contributed by atoms with Crippen molar-refractivity contribution in [3.05, 3.63) is 29.6 Å². The molecule has 0 amide bonds. The van der Waals surface area contributed by atoms with Gasteiger partial charge in [0.25, 0.3) is 0 Å². The van der Waals surface area contributed by atoms with E-state index in [1.165, 1.54) is 0 Å². The molecule has 2 aromatic heterocycles. The Morgan fingerprint density at radius 1 is 1.23 bits per heavy atom. The number of aromatic nitrogens is 4. The number of ether oxygens (including phenoxy) is 1. The summed E-state index contributed by atoms with van der Waals surface area (Å²) in [5.74, 6) is 1.65. The van der Waals surface area contributed by atoms with Gasteiger partial charge in [-0.2, -0.15) is 5.10 Å². The molecule has 118 valence electrons. The van der Waals surface area contributed by atoms with Gasteiger partial charge in [0.2, 0.25) is 0 Å². The van der Waals surface area contributed by atoms with Crippen molar-refractivity contribution in [1.82, 2.24) is 20.0 Å². The van der Waals surface area contributed by atoms with Crippen LogP contribution in [0, 0.1) is 13.8 Å². The van der Waals surface area contributed by atoms with Gasteiger partial charge in [0.15, 0.2) is 11.6 Å². The van der Waals surface area contributed by atoms with E-state index in [4.69, 9.17) is 4.74 Å². The highest BCUT2D eigenvalue weighted by molar-refractivity contribution is 5.41. The second kappa shape index (κ2) is 5.68. The Kier molecular flexibility index (Phi) is 3.87. The van der Waals surface area contributed by atoms with Gasteiger partial charge in [0.1, 0.15) is 0 Å². The first kappa shape index (κ1) is 15.0. The summed E-state index contributed by atoms with van der Waals surface area (Å²) in [7, 11) is 0. The fraction of sp³-hybridized carbons (Fsp3) is 0.562. The molecular formula is C16H23N5O. The summed E-state index contributed by atoms with van der Waals surface area (Å²) in [6, 6.07) is 6.02. The molecule has 1 aliphatic rings. The number of nitrogens with zero attached hydrogens (tertiary/aromatic N) is 5. The minimum atomic E-state index is -0.103. The molecule has 3 heterocycles. The summed E-state index contributed by atoms with van der Waals surface area (Å²) in [6.45, 7) is 10.7. The molecular weight excluding hydrogens is 278 g/mol. The Morgan fingerprint density at radius 3 is 2.55 bits per heavy atom. The van der Waals surface area contributed by atoms with E-state index in [-0.39, 0.29) is 5.60 Å². The van der Waals surface area contributed by atoms with Crippen molar-refractivity contribution >= 4 is 5.82 Å². The van der Waals surface area contributed by atoms with Gasteiger partial charge < -0.3 is 9.64 Å². The molecule has 1 fully saturated rings. The van der Waals surface area contributed by atoms with Gasteiger partial charge in [0, 0.05) is 18.8 Å². The molecule has 1 saturated heterocycles. The molecule has 0 aromatic carbocycles. The lowest BCUT2D eigenvalue weighted by Crippen LogP contribution is -2.50. The van der Waals surface area contributed by atoms with Crippen molar-refractivity contribution in [3.8, 4) is 5.82 Å². The molecule has 1 atom stereocenters. The van der Waals surface area contributed by atoms with Gasteiger partial charge in [-0.15, -0.1) is 10.2 Å². The zero-order valence-electron chi connectivity index (χ0n) is 13.7. The van der Waals surface area contributed by atoms with E-state index in [9.17, 15) is 0 Å². The van der Waals surface area contributed by atoms with Crippen molar-refractivity contribution in [3.63, 3.8) is 0 Å². The average Bonchev–Trinajstić information content (AvgIpc) is 2.86. The van der Waals surface area contributed by atoms with E-state index in [0.717, 1.165) is 49.1 Å². The normalized spacial score (nSPS) is 22.1. The molecule has 6 nitrogen and oxygen atoms in total. The number of morpholine rings is 1. The monoisotopic (exact) mass is 301 g/mol. The SMILES string of the molecule is CCC1(C)CN(c2ccc(-n3nc(C)cc3C)nn2)CCO1. The molecule has 0 aliphatic carbocycles. The third kappa shape index (κ3) is 2.83. The Labute approximate surface area is 131 Å². The maximum atomic E-state index is 5.87. The van der Waals surface area contributed by atoms with Crippen molar-refractivity contribution in [2.45, 2.75) is 39.7 Å². The van der Waals surface area contributed by atoms with Crippen LogP contribution >= 0.6 is 0 Å². The van der Waals surface area contributed by atoms with Crippen molar-refractivity contribution in [2.75, 3.05) is 24.6 Å². The van der Waals surface area contributed by atoms with Crippen LogP contribution in [0.15, 0.2) is 18.2 Å². The first-order valence-electron chi connectivity index (χ1n) is 7.77. The molecule has 6 heteroatoms. The Hall–Kier alpha value is -1.95. The summed E-state index contributed by atoms with van der Waals surface area (Å²) in [6.07, 6.45) is 0.987. The Bertz CT molecular complexity index is 651. The lowest BCUT2D eigenvalue weighted by molar-refractivity contribution is -0.0443. The zero-order valence-corrected chi connectivity index (χ0v) is 13.7. The lowest BCUT2D eigenvalue weighted by atomic mass is 10.0. The van der Waals surface area contributed by atoms with Crippen molar-refractivity contribution in [1.29, 1.82) is 0 Å². The summed E-state index contributed by atoms with van der Waals surface area (Å²) in [5.41, 5.74) is 1.94. The summed E-state index contributed by atoms with van der Waals surface area (Å²) in [4.78, 5) is 2.24. The second-order valence-corrected chi connectivity index (χ2v) is 6.16. The van der Waals surface area contributed by atoms with E-state index in [2.05, 4.69) is 34.0 Å². The largest absolute Gasteiger partial charge is 0.372 e. The quantitative estimate of drug-likeness (QED) is 0.870. The predicted octanol–water partition coefficient (Wildman–Crippen LogP) is 2.28. The molecule has 2 aromatic rings. The molecule has 0 radical (unpaired) electrons. The zero-order chi connectivity index (χ0) is 15.7. The Balaban J connectivity index is 1.81. The van der Waals surface area contributed by atoms with Crippen molar-refractivity contribution < 1.29 is 4.74 Å². The topological polar surface area (TPSA) is 56.1 Å². The predicted molar refractivity (Wildman–Crippen MR) is 85.5 cm³/mol. The summed E-state index contributed by atoms with van der Waals surface area (Å²) < 4.78 is 7.69. The van der Waals surface area contributed by atoms with E-state index >= 15 is 0 Å². The van der Waals surface area contributed by atoms with Crippen LogP contribution < -0.4 is 4.90 Å². The number of hydrogen-bond acceptors (Lipinski definition) is 5. The third-order valence-electron chi connectivity index (χ3n) is 4.27. The van der Waals surface area contributed by atoms with Crippen LogP contribution in [-0.4, -0.2) is 45.3 Å². The van der Waals surface area contributed by atoms with Crippen LogP contribution in [0.1, 0.15) is 31.7 Å². The van der Waals surface area contributed by atoms with Crippen LogP contribution in [0.25, 0.3) is 5.82 Å². The smallest absolute Gasteiger partial charge is 0.176 e. The number of rotatable bonds is 3. The van der Waals surface area contributed by atoms with Gasteiger partial charge in [0.05, 0.1) is 17.9 Å². The molecule has 0 saturated carbocycles. The van der Waals surface area contributed by atoms with E-state index in [0.29, 0.717) is 0 Å². The second-order valence-electron chi connectivity index (χ2n) is 6.16. The van der Waals surface area contributed by atoms with Gasteiger partial charge in [-0.1, -0.05) is 6.92 Å². The molecule has 0 bridgehead atoms. The van der Waals surface area contributed by atoms with E-state index in [1.54, 1.807) is 0 Å². The van der Waals surface area contributed by atoms with Gasteiger partial charge >= 0.3 is 0 Å². The minimum absolute atomic E-state index is 0.103. The fourth-order valence-corrected chi connectivity index (χ4v) is 2.80. The maximum absolute atomic E-state index is 5.87. The molecule has 1 unspecified atom stereocenters. The van der Waals surface area contributed by atoms with Gasteiger partial charge in [-0.05, 0) is 45.4 Å². The summed E-state index contributed by atoms with van der Waals surface area (Å²) >= 11 is 0. The molecule has 3 rings (SSSR count). The average molecular weight is 301 g/mol. The number of anilines is 1. The van der Waals surface area contributed by atoms with Gasteiger partial charge in [-0.25, -0.2) is 4.68 Å². The van der Waals surface area contributed by atoms with Crippen LogP contribution in [0.4, 0.5) is 5.82 Å². The summed E-state index contributed by atoms with van der Waals surface area (Å²) in [5, 5.41) is 13.2. The maximum Gasteiger partial charge on any atom is 0.176 e. The van der Waals surface area contributed by atoms with Crippen LogP contribution in [-0.2, 0) is 4.74 Å². The Morgan fingerprint density at radius 2 is 1.95 bits per heavy atom. The first-order chi connectivity index (χ1) is 10.5. The van der Waals surface area contributed by atoms with E-state index in [1.807, 2.05) is 36.7 Å². The highest BCUT2D eigenvalue weighted by Gasteiger charge is 2.31. The van der Waals surface area contributed by atoms with Crippen LogP contribution in [0.3, 0.4) is 0 Å². The first-order valence-corrected chi connectivity index (χ1v) is 7.77. The number of aryl methyl sites for hydroxylation is 2. The minimum Gasteiger partial charge on any atom is -0.372 e. The molecule has 0 N–H and O–H groups in total. The van der Waals surface area contributed by atoms with E-state index < -0.39 is 0 Å². The van der Waals surface area contributed by atoms with Crippen LogP contribution in [0.2, 0.25) is 0 Å². The molecule has 22 heavy (non-hydrogen) atoms. The molecule has 1 aliphatic heterocycles.